The van der Waals surface area contributed by atoms with E-state index in [0.717, 1.165) is 9.87 Å². The van der Waals surface area contributed by atoms with Gasteiger partial charge in [0, 0.05) is 18.5 Å². The largest absolute Gasteiger partial charge is 0.467 e. The van der Waals surface area contributed by atoms with Crippen molar-refractivity contribution in [3.63, 3.8) is 0 Å². The molecule has 0 radical (unpaired) electrons. The van der Waals surface area contributed by atoms with Gasteiger partial charge in [0.15, 0.2) is 0 Å². The molecular weight excluding hydrogens is 404 g/mol. The lowest BCUT2D eigenvalue weighted by Gasteiger charge is -2.20. The lowest BCUT2D eigenvalue weighted by atomic mass is 10.1. The maximum absolute atomic E-state index is 12.6. The van der Waals surface area contributed by atoms with E-state index in [9.17, 15) is 18.0 Å². The van der Waals surface area contributed by atoms with E-state index in [1.807, 2.05) is 30.3 Å². The monoisotopic (exact) mass is 424 g/mol. The summed E-state index contributed by atoms with van der Waals surface area (Å²) in [7, 11) is -1.36. The first kappa shape index (κ1) is 21.9. The molecule has 0 aliphatic carbocycles. The number of nitrogens with one attached hydrogen (secondary N) is 1. The molecule has 1 amide bonds. The third-order valence-corrected chi connectivity index (χ3v) is 6.06. The van der Waals surface area contributed by atoms with Crippen LogP contribution in [0.4, 0.5) is 0 Å². The maximum atomic E-state index is 12.6. The summed E-state index contributed by atoms with van der Waals surface area (Å²) in [6.07, 6.45) is 0.229. The van der Waals surface area contributed by atoms with Gasteiger partial charge >= 0.3 is 5.97 Å². The van der Waals surface area contributed by atoms with Crippen LogP contribution in [-0.2, 0) is 30.8 Å². The number of likely N-dealkylation sites (N-methyl/N-ethyl adjacent to an activating group) is 1. The first-order valence-corrected chi connectivity index (χ1v) is 10.2. The van der Waals surface area contributed by atoms with Crippen molar-refractivity contribution in [3.8, 4) is 0 Å². The van der Waals surface area contributed by atoms with Crippen molar-refractivity contribution in [1.29, 1.82) is 0 Å². The number of methoxy groups -OCH3 is 1. The Morgan fingerprint density at radius 2 is 1.71 bits per heavy atom. The van der Waals surface area contributed by atoms with Crippen molar-refractivity contribution in [2.75, 3.05) is 20.7 Å². The van der Waals surface area contributed by atoms with Crippen LogP contribution in [0.25, 0.3) is 0 Å². The van der Waals surface area contributed by atoms with Crippen LogP contribution in [0.2, 0.25) is 5.02 Å². The van der Waals surface area contributed by atoms with Gasteiger partial charge in [-0.3, -0.25) is 4.79 Å². The molecule has 1 N–H and O–H groups in total. The second kappa shape index (κ2) is 9.68. The number of sulfonamides is 1. The second-order valence-corrected chi connectivity index (χ2v) is 8.53. The topological polar surface area (TPSA) is 92.8 Å². The molecule has 0 saturated heterocycles. The highest BCUT2D eigenvalue weighted by Crippen LogP contribution is 2.17. The molecular formula is C19H21ClN2O5S. The molecule has 0 bridgehead atoms. The molecule has 2 aromatic carbocycles. The Kier molecular flexibility index (Phi) is 7.56. The number of carbonyl (C=O) groups excluding carboxylic acids is 2. The van der Waals surface area contributed by atoms with Crippen molar-refractivity contribution in [2.45, 2.75) is 17.4 Å². The molecule has 7 nitrogen and oxygen atoms in total. The van der Waals surface area contributed by atoms with E-state index in [0.29, 0.717) is 5.02 Å². The van der Waals surface area contributed by atoms with Gasteiger partial charge in [-0.2, -0.15) is 4.31 Å². The molecule has 0 aliphatic heterocycles. The number of carbonyl (C=O) groups is 2. The van der Waals surface area contributed by atoms with E-state index in [4.69, 9.17) is 16.3 Å². The first-order chi connectivity index (χ1) is 13.2. The first-order valence-electron chi connectivity index (χ1n) is 8.37. The van der Waals surface area contributed by atoms with Crippen molar-refractivity contribution < 1.29 is 22.7 Å². The van der Waals surface area contributed by atoms with E-state index in [2.05, 4.69) is 5.32 Å². The third-order valence-electron chi connectivity index (χ3n) is 3.99. The molecule has 0 heterocycles. The van der Waals surface area contributed by atoms with Gasteiger partial charge in [0.1, 0.15) is 6.04 Å². The quantitative estimate of drug-likeness (QED) is 0.653. The predicted octanol–water partition coefficient (Wildman–Crippen LogP) is 1.86. The molecule has 0 aliphatic rings. The highest BCUT2D eigenvalue weighted by molar-refractivity contribution is 7.89. The molecule has 9 heteroatoms. The van der Waals surface area contributed by atoms with E-state index < -0.39 is 34.5 Å². The Morgan fingerprint density at radius 1 is 1.11 bits per heavy atom. The summed E-state index contributed by atoms with van der Waals surface area (Å²) < 4.78 is 30.8. The van der Waals surface area contributed by atoms with Gasteiger partial charge in [-0.1, -0.05) is 41.9 Å². The number of nitrogens with zero attached hydrogens (tertiary/aromatic N) is 1. The SMILES string of the molecule is COC(=O)C(Cc1ccccc1)NC(=O)CN(C)S(=O)(=O)c1ccc(Cl)cc1. The molecule has 0 aromatic heterocycles. The third kappa shape index (κ3) is 5.79. The minimum Gasteiger partial charge on any atom is -0.467 e. The van der Waals surface area contributed by atoms with E-state index in [1.165, 1.54) is 38.4 Å². The van der Waals surface area contributed by atoms with Crippen LogP contribution in [0.5, 0.6) is 0 Å². The summed E-state index contributed by atoms with van der Waals surface area (Å²) in [4.78, 5) is 24.4. The highest BCUT2D eigenvalue weighted by atomic mass is 35.5. The van der Waals surface area contributed by atoms with Crippen molar-refractivity contribution in [1.82, 2.24) is 9.62 Å². The van der Waals surface area contributed by atoms with E-state index in [-0.39, 0.29) is 11.3 Å². The number of amides is 1. The van der Waals surface area contributed by atoms with E-state index >= 15 is 0 Å². The molecule has 2 rings (SSSR count). The summed E-state index contributed by atoms with van der Waals surface area (Å²) in [6.45, 7) is -0.451. The molecule has 1 atom stereocenters. The summed E-state index contributed by atoms with van der Waals surface area (Å²) in [5.74, 6) is -1.23. The smallest absolute Gasteiger partial charge is 0.328 e. The Hall–Kier alpha value is -2.42. The molecule has 1 unspecified atom stereocenters. The number of benzene rings is 2. The summed E-state index contributed by atoms with van der Waals surface area (Å²) in [5, 5.41) is 2.94. The highest BCUT2D eigenvalue weighted by Gasteiger charge is 2.26. The fourth-order valence-electron chi connectivity index (χ4n) is 2.50. The number of hydrogen-bond donors (Lipinski definition) is 1. The minimum atomic E-state index is -3.87. The minimum absolute atomic E-state index is 0.0148. The number of esters is 1. The van der Waals surface area contributed by atoms with Gasteiger partial charge in [-0.25, -0.2) is 13.2 Å². The van der Waals surface area contributed by atoms with Crippen molar-refractivity contribution in [3.05, 3.63) is 65.2 Å². The standard InChI is InChI=1S/C19H21ClN2O5S/c1-22(28(25,26)16-10-8-15(20)9-11-16)13-18(23)21-17(19(24)27-2)12-14-6-4-3-5-7-14/h3-11,17H,12-13H2,1-2H3,(H,21,23). The molecule has 28 heavy (non-hydrogen) atoms. The number of halogens is 1. The number of hydrogen-bond acceptors (Lipinski definition) is 5. The Balaban J connectivity index is 2.06. The van der Waals surface area contributed by atoms with Gasteiger partial charge in [-0.15, -0.1) is 0 Å². The maximum Gasteiger partial charge on any atom is 0.328 e. The van der Waals surface area contributed by atoms with Crippen LogP contribution < -0.4 is 5.32 Å². The summed E-state index contributed by atoms with van der Waals surface area (Å²) in [6, 6.07) is 13.8. The fourth-order valence-corrected chi connectivity index (χ4v) is 3.75. The predicted molar refractivity (Wildman–Crippen MR) is 105 cm³/mol. The lowest BCUT2D eigenvalue weighted by Crippen LogP contribution is -2.47. The number of ether oxygens (including phenoxy) is 1. The van der Waals surface area contributed by atoms with Crippen LogP contribution in [0.1, 0.15) is 5.56 Å². The van der Waals surface area contributed by atoms with Gasteiger partial charge in [0.05, 0.1) is 18.6 Å². The van der Waals surface area contributed by atoms with Gasteiger partial charge in [-0.05, 0) is 29.8 Å². The molecule has 2 aromatic rings. The Labute approximate surface area is 169 Å². The average Bonchev–Trinajstić information content (AvgIpc) is 2.67. The van der Waals surface area contributed by atoms with Gasteiger partial charge in [0.2, 0.25) is 15.9 Å². The molecule has 0 spiro atoms. The van der Waals surface area contributed by atoms with Gasteiger partial charge in [0.25, 0.3) is 0 Å². The number of rotatable bonds is 8. The van der Waals surface area contributed by atoms with Crippen LogP contribution in [0, 0.1) is 0 Å². The van der Waals surface area contributed by atoms with Crippen LogP contribution in [0.15, 0.2) is 59.5 Å². The molecule has 0 saturated carbocycles. The Morgan fingerprint density at radius 3 is 2.29 bits per heavy atom. The normalized spacial score (nSPS) is 12.4. The zero-order chi connectivity index (χ0) is 20.7. The zero-order valence-corrected chi connectivity index (χ0v) is 17.0. The zero-order valence-electron chi connectivity index (χ0n) is 15.5. The van der Waals surface area contributed by atoms with Crippen molar-refractivity contribution >= 4 is 33.5 Å². The van der Waals surface area contributed by atoms with Crippen LogP contribution in [0.3, 0.4) is 0 Å². The van der Waals surface area contributed by atoms with Crippen LogP contribution >= 0.6 is 11.6 Å². The van der Waals surface area contributed by atoms with Gasteiger partial charge < -0.3 is 10.1 Å². The molecule has 0 fully saturated rings. The lowest BCUT2D eigenvalue weighted by molar-refractivity contribution is -0.145. The fraction of sp³-hybridized carbons (Fsp3) is 0.263. The van der Waals surface area contributed by atoms with Crippen molar-refractivity contribution in [2.24, 2.45) is 0 Å². The molecule has 150 valence electrons. The summed E-state index contributed by atoms with van der Waals surface area (Å²) in [5.41, 5.74) is 0.834. The summed E-state index contributed by atoms with van der Waals surface area (Å²) >= 11 is 5.78. The van der Waals surface area contributed by atoms with E-state index in [1.54, 1.807) is 0 Å². The average molecular weight is 425 g/mol. The second-order valence-electron chi connectivity index (χ2n) is 6.05. The Bertz CT molecular complexity index is 917. The van der Waals surface area contributed by atoms with Crippen LogP contribution in [-0.4, -0.2) is 51.3 Å².